The minimum atomic E-state index is -0.818. The smallest absolute Gasteiger partial charge is 0.115 e. The van der Waals surface area contributed by atoms with Crippen LogP contribution in [0.25, 0.3) is 11.1 Å². The van der Waals surface area contributed by atoms with Crippen LogP contribution in [-0.4, -0.2) is 25.5 Å². The summed E-state index contributed by atoms with van der Waals surface area (Å²) in [5.74, 6) is 0.816. The van der Waals surface area contributed by atoms with E-state index >= 15 is 0 Å². The number of phenols is 5. The molecule has 0 amide bonds. The number of phenolic OH excluding ortho intramolecular Hbond substituents is 5. The van der Waals surface area contributed by atoms with Crippen LogP contribution in [0.5, 0.6) is 28.7 Å². The first kappa shape index (κ1) is 30.8. The molecule has 0 saturated heterocycles. The van der Waals surface area contributed by atoms with Gasteiger partial charge in [-0.3, -0.25) is 0 Å². The molecule has 5 nitrogen and oxygen atoms in total. The Balaban J connectivity index is 1.45. The minimum Gasteiger partial charge on any atom is -0.508 e. The Bertz CT molecular complexity index is 2150. The third-order valence-electron chi connectivity index (χ3n) is 10.3. The van der Waals surface area contributed by atoms with Crippen molar-refractivity contribution in [3.8, 4) is 39.9 Å². The lowest BCUT2D eigenvalue weighted by molar-refractivity contribution is 0.472. The van der Waals surface area contributed by atoms with Crippen LogP contribution in [0.1, 0.15) is 44.5 Å². The third-order valence-corrected chi connectivity index (χ3v) is 10.3. The fourth-order valence-electron chi connectivity index (χ4n) is 8.09. The lowest BCUT2D eigenvalue weighted by atomic mass is 9.64. The molecule has 50 heavy (non-hydrogen) atoms. The van der Waals surface area contributed by atoms with Crippen LogP contribution in [-0.2, 0) is 17.3 Å². The predicted molar refractivity (Wildman–Crippen MR) is 195 cm³/mol. The molecular weight excluding hydrogens is 620 g/mol. The van der Waals surface area contributed by atoms with E-state index in [-0.39, 0.29) is 28.7 Å². The van der Waals surface area contributed by atoms with E-state index in [1.807, 2.05) is 66.7 Å². The van der Waals surface area contributed by atoms with E-state index < -0.39 is 10.8 Å². The van der Waals surface area contributed by atoms with Gasteiger partial charge in [0.05, 0.1) is 5.41 Å². The van der Waals surface area contributed by atoms with Crippen molar-refractivity contribution in [2.45, 2.75) is 17.3 Å². The van der Waals surface area contributed by atoms with Gasteiger partial charge in [-0.25, -0.2) is 0 Å². The van der Waals surface area contributed by atoms with Crippen molar-refractivity contribution in [1.29, 1.82) is 0 Å². The molecule has 0 atom stereocenters. The maximum absolute atomic E-state index is 10.4. The highest BCUT2D eigenvalue weighted by atomic mass is 16.3. The summed E-state index contributed by atoms with van der Waals surface area (Å²) in [4.78, 5) is 0. The van der Waals surface area contributed by atoms with Crippen LogP contribution < -0.4 is 0 Å². The van der Waals surface area contributed by atoms with Crippen LogP contribution in [0.15, 0.2) is 164 Å². The second kappa shape index (κ2) is 11.9. The second-order valence-corrected chi connectivity index (χ2v) is 13.0. The van der Waals surface area contributed by atoms with Crippen molar-refractivity contribution >= 4 is 0 Å². The number of benzene rings is 7. The van der Waals surface area contributed by atoms with Crippen LogP contribution in [0, 0.1) is 0 Å². The molecule has 0 aliphatic heterocycles. The van der Waals surface area contributed by atoms with Gasteiger partial charge in [0.2, 0.25) is 0 Å². The molecule has 7 aromatic carbocycles. The zero-order valence-corrected chi connectivity index (χ0v) is 27.0. The molecule has 0 unspecified atom stereocenters. The number of rotatable bonds is 7. The van der Waals surface area contributed by atoms with E-state index in [9.17, 15) is 25.5 Å². The molecule has 0 spiro atoms. The molecule has 0 bridgehead atoms. The molecule has 1 aliphatic carbocycles. The van der Waals surface area contributed by atoms with Crippen molar-refractivity contribution < 1.29 is 25.5 Å². The Morgan fingerprint density at radius 1 is 0.380 bits per heavy atom. The number of hydrogen-bond acceptors (Lipinski definition) is 5. The lowest BCUT2D eigenvalue weighted by Gasteiger charge is -2.37. The fourth-order valence-corrected chi connectivity index (χ4v) is 8.09. The molecule has 0 saturated carbocycles. The lowest BCUT2D eigenvalue weighted by Crippen LogP contribution is -2.32. The Labute approximate surface area is 290 Å². The first-order chi connectivity index (χ1) is 24.3. The van der Waals surface area contributed by atoms with Crippen molar-refractivity contribution in [3.63, 3.8) is 0 Å². The number of aromatic hydroxyl groups is 5. The fraction of sp³-hybridized carbons (Fsp3) is 0.0667. The Morgan fingerprint density at radius 2 is 0.760 bits per heavy atom. The summed E-state index contributed by atoms with van der Waals surface area (Å²) in [6, 6.07) is 51.3. The normalized spacial score (nSPS) is 13.0. The maximum Gasteiger partial charge on any atom is 0.115 e. The summed E-state index contributed by atoms with van der Waals surface area (Å²) in [5.41, 5.74) is 8.56. The number of fused-ring (bicyclic) bond motifs is 3. The van der Waals surface area contributed by atoms with E-state index in [0.29, 0.717) is 6.42 Å². The molecule has 5 N–H and O–H groups in total. The van der Waals surface area contributed by atoms with E-state index in [1.165, 1.54) is 0 Å². The largest absolute Gasteiger partial charge is 0.508 e. The summed E-state index contributed by atoms with van der Waals surface area (Å²) in [7, 11) is 0. The highest BCUT2D eigenvalue weighted by molar-refractivity contribution is 5.88. The van der Waals surface area contributed by atoms with Crippen molar-refractivity contribution in [2.75, 3.05) is 0 Å². The molecule has 7 aromatic rings. The van der Waals surface area contributed by atoms with E-state index in [1.54, 1.807) is 60.7 Å². The van der Waals surface area contributed by atoms with Gasteiger partial charge in [-0.1, -0.05) is 103 Å². The van der Waals surface area contributed by atoms with Gasteiger partial charge in [0.15, 0.2) is 0 Å². The Hall–Kier alpha value is -6.46. The predicted octanol–water partition coefficient (Wildman–Crippen LogP) is 9.15. The van der Waals surface area contributed by atoms with E-state index in [2.05, 4.69) is 36.4 Å². The van der Waals surface area contributed by atoms with Gasteiger partial charge in [0.1, 0.15) is 28.7 Å². The van der Waals surface area contributed by atoms with Gasteiger partial charge in [0.25, 0.3) is 0 Å². The first-order valence-corrected chi connectivity index (χ1v) is 16.5. The SMILES string of the molecule is Oc1ccc(C(Cc2cccc3c2-c2ccccc2C3(c2ccc(O)cc2)c2ccc(O)cc2)(c2ccc(O)cc2)c2ccc(O)cc2)cc1. The molecule has 0 aromatic heterocycles. The topological polar surface area (TPSA) is 101 Å². The highest BCUT2D eigenvalue weighted by Crippen LogP contribution is 2.58. The number of hydrogen-bond donors (Lipinski definition) is 5. The molecule has 5 heteroatoms. The van der Waals surface area contributed by atoms with Crippen LogP contribution >= 0.6 is 0 Å². The average molecular weight is 655 g/mol. The van der Waals surface area contributed by atoms with Crippen molar-refractivity contribution in [2.24, 2.45) is 0 Å². The van der Waals surface area contributed by atoms with Crippen LogP contribution in [0.4, 0.5) is 0 Å². The van der Waals surface area contributed by atoms with Gasteiger partial charge in [0, 0.05) is 5.41 Å². The summed E-state index contributed by atoms with van der Waals surface area (Å²) in [6.45, 7) is 0. The summed E-state index contributed by atoms with van der Waals surface area (Å²) >= 11 is 0. The monoisotopic (exact) mass is 654 g/mol. The van der Waals surface area contributed by atoms with Gasteiger partial charge >= 0.3 is 0 Å². The van der Waals surface area contributed by atoms with Gasteiger partial charge in [-0.2, -0.15) is 0 Å². The van der Waals surface area contributed by atoms with Gasteiger partial charge in [-0.15, -0.1) is 0 Å². The molecule has 244 valence electrons. The highest BCUT2D eigenvalue weighted by Gasteiger charge is 2.48. The average Bonchev–Trinajstić information content (AvgIpc) is 3.44. The molecule has 0 radical (unpaired) electrons. The summed E-state index contributed by atoms with van der Waals surface area (Å²) in [6.07, 6.45) is 0.492. The standard InChI is InChI=1S/C45H34O5/c46-35-18-8-30(9-19-35)44(31-10-20-36(47)21-11-31,32-12-22-37(48)23-13-32)28-29-4-3-7-42-43(29)40-5-1-2-6-41(40)45(42,33-14-24-38(49)25-15-33)34-16-26-39(50)27-17-34/h1-27,46-50H,28H2. The zero-order valence-electron chi connectivity index (χ0n) is 27.0. The van der Waals surface area contributed by atoms with Gasteiger partial charge in [-0.05, 0) is 123 Å². The molecule has 0 fully saturated rings. The summed E-state index contributed by atoms with van der Waals surface area (Å²) < 4.78 is 0. The van der Waals surface area contributed by atoms with Crippen molar-refractivity contribution in [3.05, 3.63) is 208 Å². The van der Waals surface area contributed by atoms with Crippen LogP contribution in [0.2, 0.25) is 0 Å². The Morgan fingerprint density at radius 3 is 1.20 bits per heavy atom. The third kappa shape index (κ3) is 4.78. The molecule has 8 rings (SSSR count). The first-order valence-electron chi connectivity index (χ1n) is 16.5. The van der Waals surface area contributed by atoms with E-state index in [4.69, 9.17) is 0 Å². The molecular formula is C45H34O5. The van der Waals surface area contributed by atoms with E-state index in [0.717, 1.165) is 55.6 Å². The maximum atomic E-state index is 10.4. The second-order valence-electron chi connectivity index (χ2n) is 13.0. The zero-order chi connectivity index (χ0) is 34.5. The van der Waals surface area contributed by atoms with Crippen LogP contribution in [0.3, 0.4) is 0 Å². The quantitative estimate of drug-likeness (QED) is 0.110. The Kier molecular flexibility index (Phi) is 7.34. The molecule has 0 heterocycles. The summed E-state index contributed by atoms with van der Waals surface area (Å²) in [5, 5.41) is 51.8. The minimum absolute atomic E-state index is 0.154. The van der Waals surface area contributed by atoms with Gasteiger partial charge < -0.3 is 25.5 Å². The van der Waals surface area contributed by atoms with Crippen molar-refractivity contribution in [1.82, 2.24) is 0 Å². The molecule has 1 aliphatic rings.